The Labute approximate surface area is 194 Å². The third-order valence-corrected chi connectivity index (χ3v) is 7.23. The fourth-order valence-corrected chi connectivity index (χ4v) is 4.90. The molecule has 1 aliphatic rings. The minimum atomic E-state index is -3.22. The molecular weight excluding hydrogens is 436 g/mol. The van der Waals surface area contributed by atoms with Crippen LogP contribution in [0.2, 0.25) is 0 Å². The normalized spacial score (nSPS) is 15.1. The average molecular weight is 467 g/mol. The fraction of sp³-hybridized carbons (Fsp3) is 0.320. The highest BCUT2D eigenvalue weighted by molar-refractivity contribution is 7.88. The molecule has 4 rings (SSSR count). The van der Waals surface area contributed by atoms with Crippen molar-refractivity contribution >= 4 is 38.1 Å². The van der Waals surface area contributed by atoms with Crippen LogP contribution in [0.5, 0.6) is 0 Å². The molecule has 174 valence electrons. The van der Waals surface area contributed by atoms with Crippen LogP contribution in [0.25, 0.3) is 27.6 Å². The lowest BCUT2D eigenvalue weighted by Crippen LogP contribution is -2.33. The molecule has 0 aliphatic carbocycles. The van der Waals surface area contributed by atoms with E-state index in [2.05, 4.69) is 48.4 Å². The first kappa shape index (κ1) is 23.1. The van der Waals surface area contributed by atoms with E-state index in [1.165, 1.54) is 10.6 Å². The number of nitrogens with two attached hydrogens (primary N) is 1. The Morgan fingerprint density at radius 1 is 1.18 bits per heavy atom. The van der Waals surface area contributed by atoms with Crippen molar-refractivity contribution in [3.63, 3.8) is 0 Å². The molecule has 7 nitrogen and oxygen atoms in total. The maximum absolute atomic E-state index is 12.1. The summed E-state index contributed by atoms with van der Waals surface area (Å²) < 4.78 is 25.1. The third kappa shape index (κ3) is 4.96. The number of hydrogen-bond donors (Lipinski definition) is 3. The van der Waals surface area contributed by atoms with E-state index >= 15 is 0 Å². The van der Waals surface area contributed by atoms with E-state index in [4.69, 9.17) is 5.73 Å². The van der Waals surface area contributed by atoms with Crippen LogP contribution in [-0.4, -0.2) is 49.5 Å². The van der Waals surface area contributed by atoms with Gasteiger partial charge in [0.25, 0.3) is 5.91 Å². The van der Waals surface area contributed by atoms with E-state index in [0.29, 0.717) is 36.5 Å². The molecule has 1 amide bonds. The van der Waals surface area contributed by atoms with Gasteiger partial charge in [-0.15, -0.1) is 0 Å². The minimum absolute atomic E-state index is 0.337. The maximum atomic E-state index is 12.1. The monoisotopic (exact) mass is 466 g/mol. The van der Waals surface area contributed by atoms with Crippen molar-refractivity contribution in [1.82, 2.24) is 9.29 Å². The number of nitrogens with zero attached hydrogens (tertiary/aromatic N) is 1. The van der Waals surface area contributed by atoms with Crippen LogP contribution in [0.3, 0.4) is 0 Å². The summed E-state index contributed by atoms with van der Waals surface area (Å²) in [5.41, 5.74) is 11.8. The van der Waals surface area contributed by atoms with Crippen molar-refractivity contribution in [3.8, 4) is 11.1 Å². The van der Waals surface area contributed by atoms with Gasteiger partial charge in [-0.05, 0) is 53.3 Å². The van der Waals surface area contributed by atoms with E-state index < -0.39 is 15.9 Å². The first-order valence-electron chi connectivity index (χ1n) is 11.1. The van der Waals surface area contributed by atoms with Gasteiger partial charge in [-0.25, -0.2) is 8.42 Å². The smallest absolute Gasteiger partial charge is 0.250 e. The Balaban J connectivity index is 1.72. The second-order valence-corrected chi connectivity index (χ2v) is 10.9. The average Bonchev–Trinajstić information content (AvgIpc) is 3.22. The SMILES string of the molecule is CC(C)CNc1ccc(-c2ccc(C(N)=O)c3[nH]c(C4=CCN(S(C)(=O)=O)CC4)cc23)cc1. The molecule has 1 aromatic heterocycles. The van der Waals surface area contributed by atoms with Crippen LogP contribution < -0.4 is 11.1 Å². The van der Waals surface area contributed by atoms with E-state index in [1.54, 1.807) is 6.07 Å². The molecule has 3 aromatic rings. The predicted molar refractivity (Wildman–Crippen MR) is 135 cm³/mol. The molecule has 0 saturated carbocycles. The van der Waals surface area contributed by atoms with Crippen LogP contribution in [0.15, 0.2) is 48.5 Å². The molecule has 0 spiro atoms. The number of nitrogens with one attached hydrogen (secondary N) is 2. The predicted octanol–water partition coefficient (Wildman–Crippen LogP) is 4.05. The zero-order valence-corrected chi connectivity index (χ0v) is 20.0. The van der Waals surface area contributed by atoms with Gasteiger partial charge in [-0.3, -0.25) is 4.79 Å². The molecule has 0 unspecified atom stereocenters. The second-order valence-electron chi connectivity index (χ2n) is 8.95. The number of amides is 1. The van der Waals surface area contributed by atoms with Gasteiger partial charge in [0, 0.05) is 36.4 Å². The number of primary amides is 1. The van der Waals surface area contributed by atoms with Crippen molar-refractivity contribution in [1.29, 1.82) is 0 Å². The molecule has 1 aliphatic heterocycles. The molecule has 2 heterocycles. The Bertz CT molecular complexity index is 1320. The van der Waals surface area contributed by atoms with Gasteiger partial charge in [-0.2, -0.15) is 4.31 Å². The minimum Gasteiger partial charge on any atom is -0.385 e. The lowest BCUT2D eigenvalue weighted by molar-refractivity contribution is 0.100. The largest absolute Gasteiger partial charge is 0.385 e. The number of sulfonamides is 1. The number of H-pyrrole nitrogens is 1. The quantitative estimate of drug-likeness (QED) is 0.488. The highest BCUT2D eigenvalue weighted by Crippen LogP contribution is 2.35. The van der Waals surface area contributed by atoms with Gasteiger partial charge in [0.2, 0.25) is 10.0 Å². The van der Waals surface area contributed by atoms with Crippen molar-refractivity contribution in [2.45, 2.75) is 20.3 Å². The molecule has 2 aromatic carbocycles. The molecule has 33 heavy (non-hydrogen) atoms. The zero-order chi connectivity index (χ0) is 23.8. The fourth-order valence-electron chi connectivity index (χ4n) is 4.14. The van der Waals surface area contributed by atoms with Crippen molar-refractivity contribution in [2.75, 3.05) is 31.2 Å². The van der Waals surface area contributed by atoms with Gasteiger partial charge < -0.3 is 16.0 Å². The first-order valence-corrected chi connectivity index (χ1v) is 12.9. The summed E-state index contributed by atoms with van der Waals surface area (Å²) in [6.07, 6.45) is 3.75. The van der Waals surface area contributed by atoms with Crippen LogP contribution in [-0.2, 0) is 10.0 Å². The van der Waals surface area contributed by atoms with Gasteiger partial charge in [0.05, 0.1) is 17.3 Å². The molecular formula is C25H30N4O3S. The van der Waals surface area contributed by atoms with Crippen LogP contribution in [0.1, 0.15) is 36.3 Å². The van der Waals surface area contributed by atoms with Crippen LogP contribution in [0.4, 0.5) is 5.69 Å². The standard InChI is InChI=1S/C25H30N4O3S/c1-16(2)15-27-19-6-4-17(5-7-19)20-8-9-21(25(26)30)24-22(20)14-23(28-24)18-10-12-29(13-11-18)33(3,31)32/h4-10,14,16,27-28H,11-13,15H2,1-3H3,(H2,26,30). The van der Waals surface area contributed by atoms with Gasteiger partial charge in [-0.1, -0.05) is 38.1 Å². The van der Waals surface area contributed by atoms with Crippen LogP contribution >= 0.6 is 0 Å². The molecule has 8 heteroatoms. The summed E-state index contributed by atoms with van der Waals surface area (Å²) in [5.74, 6) is 0.0663. The summed E-state index contributed by atoms with van der Waals surface area (Å²) in [6, 6.07) is 14.0. The van der Waals surface area contributed by atoms with E-state index in [0.717, 1.165) is 40.0 Å². The lowest BCUT2D eigenvalue weighted by Gasteiger charge is -2.23. The van der Waals surface area contributed by atoms with Gasteiger partial charge in [0.15, 0.2) is 0 Å². The first-order chi connectivity index (χ1) is 15.6. The topological polar surface area (TPSA) is 108 Å². The number of anilines is 1. The molecule has 4 N–H and O–H groups in total. The van der Waals surface area contributed by atoms with E-state index in [9.17, 15) is 13.2 Å². The highest BCUT2D eigenvalue weighted by Gasteiger charge is 2.22. The van der Waals surface area contributed by atoms with Crippen molar-refractivity contribution < 1.29 is 13.2 Å². The Hall–Kier alpha value is -3.10. The second kappa shape index (κ2) is 9.03. The Morgan fingerprint density at radius 3 is 2.48 bits per heavy atom. The maximum Gasteiger partial charge on any atom is 0.250 e. The number of rotatable bonds is 7. The molecule has 0 bridgehead atoms. The number of hydrogen-bond acceptors (Lipinski definition) is 4. The molecule has 0 fully saturated rings. The Kier molecular flexibility index (Phi) is 6.32. The number of carbonyl (C=O) groups excluding carboxylic acids is 1. The number of carbonyl (C=O) groups is 1. The summed E-state index contributed by atoms with van der Waals surface area (Å²) >= 11 is 0. The Morgan fingerprint density at radius 2 is 1.91 bits per heavy atom. The number of aromatic amines is 1. The van der Waals surface area contributed by atoms with Crippen molar-refractivity contribution in [3.05, 3.63) is 59.8 Å². The van der Waals surface area contributed by atoms with E-state index in [1.807, 2.05) is 18.2 Å². The molecule has 0 saturated heterocycles. The summed E-state index contributed by atoms with van der Waals surface area (Å²) in [4.78, 5) is 15.5. The number of fused-ring (bicyclic) bond motifs is 1. The summed E-state index contributed by atoms with van der Waals surface area (Å²) in [5, 5.41) is 4.34. The molecule has 0 radical (unpaired) electrons. The highest BCUT2D eigenvalue weighted by atomic mass is 32.2. The summed E-state index contributed by atoms with van der Waals surface area (Å²) in [6.45, 7) is 6.01. The zero-order valence-electron chi connectivity index (χ0n) is 19.2. The number of benzene rings is 2. The summed E-state index contributed by atoms with van der Waals surface area (Å²) in [7, 11) is -3.22. The molecule has 0 atom stereocenters. The van der Waals surface area contributed by atoms with Crippen molar-refractivity contribution in [2.24, 2.45) is 11.7 Å². The van der Waals surface area contributed by atoms with Crippen LogP contribution in [0, 0.1) is 5.92 Å². The third-order valence-electron chi connectivity index (χ3n) is 5.96. The van der Waals surface area contributed by atoms with E-state index in [-0.39, 0.29) is 0 Å². The van der Waals surface area contributed by atoms with Gasteiger partial charge in [0.1, 0.15) is 0 Å². The van der Waals surface area contributed by atoms with Gasteiger partial charge >= 0.3 is 0 Å². The number of aromatic nitrogens is 1. The lowest BCUT2D eigenvalue weighted by atomic mass is 9.98.